The van der Waals surface area contributed by atoms with Crippen molar-refractivity contribution in [1.82, 2.24) is 9.78 Å². The highest BCUT2D eigenvalue weighted by molar-refractivity contribution is 5.74. The molecule has 0 bridgehead atoms. The van der Waals surface area contributed by atoms with Gasteiger partial charge in [-0.1, -0.05) is 18.2 Å². The predicted octanol–water partition coefficient (Wildman–Crippen LogP) is 2.08. The van der Waals surface area contributed by atoms with Crippen LogP contribution in [0.5, 0.6) is 0 Å². The van der Waals surface area contributed by atoms with E-state index in [2.05, 4.69) is 5.10 Å². The number of carbonyl (C=O) groups is 1. The maximum Gasteiger partial charge on any atom is 0.142 e. The monoisotopic (exact) mass is 198 g/mol. The third-order valence-corrected chi connectivity index (χ3v) is 2.01. The Hall–Kier alpha value is -2.16. The van der Waals surface area contributed by atoms with Gasteiger partial charge in [-0.25, -0.2) is 4.68 Å². The summed E-state index contributed by atoms with van der Waals surface area (Å²) in [5, 5.41) is 4.13. The van der Waals surface area contributed by atoms with E-state index in [1.54, 1.807) is 17.0 Å². The fraction of sp³-hybridized carbons (Fsp3) is 0. The lowest BCUT2D eigenvalue weighted by molar-refractivity contribution is -0.104. The molecule has 74 valence electrons. The van der Waals surface area contributed by atoms with Crippen LogP contribution in [0.4, 0.5) is 0 Å². The molecule has 0 spiro atoms. The van der Waals surface area contributed by atoms with Crippen LogP contribution in [0.25, 0.3) is 11.8 Å². The molecule has 2 rings (SSSR count). The summed E-state index contributed by atoms with van der Waals surface area (Å²) in [5.41, 5.74) is 1.96. The lowest BCUT2D eigenvalue weighted by Crippen LogP contribution is -1.93. The average Bonchev–Trinajstić information content (AvgIpc) is 2.80. The van der Waals surface area contributed by atoms with Crippen LogP contribution in [0.1, 0.15) is 5.56 Å². The van der Waals surface area contributed by atoms with Gasteiger partial charge in [0.05, 0.1) is 5.69 Å². The second-order valence-electron chi connectivity index (χ2n) is 3.04. The first-order valence-electron chi connectivity index (χ1n) is 4.62. The Kier molecular flexibility index (Phi) is 2.74. The Labute approximate surface area is 87.7 Å². The Morgan fingerprint density at radius 3 is 2.93 bits per heavy atom. The van der Waals surface area contributed by atoms with Crippen molar-refractivity contribution in [2.24, 2.45) is 0 Å². The smallest absolute Gasteiger partial charge is 0.142 e. The van der Waals surface area contributed by atoms with Gasteiger partial charge in [-0.2, -0.15) is 5.10 Å². The van der Waals surface area contributed by atoms with Crippen LogP contribution in [-0.4, -0.2) is 16.1 Å². The van der Waals surface area contributed by atoms with Crippen molar-refractivity contribution in [2.45, 2.75) is 0 Å². The van der Waals surface area contributed by atoms with Crippen molar-refractivity contribution in [3.8, 4) is 5.69 Å². The summed E-state index contributed by atoms with van der Waals surface area (Å²) in [7, 11) is 0. The molecule has 0 unspecified atom stereocenters. The Bertz CT molecular complexity index is 472. The number of carbonyl (C=O) groups excluding carboxylic acids is 1. The molecule has 1 aromatic heterocycles. The number of hydrogen-bond donors (Lipinski definition) is 0. The quantitative estimate of drug-likeness (QED) is 0.559. The number of nitrogens with zero attached hydrogens (tertiary/aromatic N) is 2. The molecule has 0 saturated carbocycles. The lowest BCUT2D eigenvalue weighted by Gasteiger charge is -2.01. The maximum absolute atomic E-state index is 10.2. The molecule has 2 aromatic rings. The highest BCUT2D eigenvalue weighted by Crippen LogP contribution is 2.10. The van der Waals surface area contributed by atoms with Crippen molar-refractivity contribution in [3.63, 3.8) is 0 Å². The van der Waals surface area contributed by atoms with Gasteiger partial charge in [0.1, 0.15) is 6.29 Å². The molecule has 0 amide bonds. The van der Waals surface area contributed by atoms with Crippen molar-refractivity contribution in [2.75, 3.05) is 0 Å². The SMILES string of the molecule is O=C/C=C/c1cccc(-n2cccn2)c1. The fourth-order valence-corrected chi connectivity index (χ4v) is 1.34. The normalized spacial score (nSPS) is 10.7. The molecule has 0 fully saturated rings. The Morgan fingerprint density at radius 2 is 2.20 bits per heavy atom. The van der Waals surface area contributed by atoms with Gasteiger partial charge in [-0.3, -0.25) is 4.79 Å². The van der Waals surface area contributed by atoms with Crippen LogP contribution < -0.4 is 0 Å². The predicted molar refractivity (Wildman–Crippen MR) is 58.7 cm³/mol. The van der Waals surface area contributed by atoms with Crippen LogP contribution >= 0.6 is 0 Å². The summed E-state index contributed by atoms with van der Waals surface area (Å²) in [4.78, 5) is 10.2. The molecular formula is C12H10N2O. The molecule has 3 nitrogen and oxygen atoms in total. The van der Waals surface area contributed by atoms with Crippen LogP contribution in [-0.2, 0) is 4.79 Å². The largest absolute Gasteiger partial charge is 0.299 e. The summed E-state index contributed by atoms with van der Waals surface area (Å²) in [6, 6.07) is 9.67. The van der Waals surface area contributed by atoms with E-state index in [0.717, 1.165) is 17.5 Å². The molecule has 0 aliphatic carbocycles. The molecule has 3 heteroatoms. The molecule has 15 heavy (non-hydrogen) atoms. The topological polar surface area (TPSA) is 34.9 Å². The molecule has 0 N–H and O–H groups in total. The van der Waals surface area contributed by atoms with E-state index in [9.17, 15) is 4.79 Å². The zero-order chi connectivity index (χ0) is 10.5. The van der Waals surface area contributed by atoms with Gasteiger partial charge in [-0.05, 0) is 29.8 Å². The van der Waals surface area contributed by atoms with E-state index in [0.29, 0.717) is 0 Å². The van der Waals surface area contributed by atoms with E-state index < -0.39 is 0 Å². The Morgan fingerprint density at radius 1 is 1.27 bits per heavy atom. The van der Waals surface area contributed by atoms with E-state index in [4.69, 9.17) is 0 Å². The molecule has 1 aromatic carbocycles. The van der Waals surface area contributed by atoms with Crippen molar-refractivity contribution >= 4 is 12.4 Å². The summed E-state index contributed by atoms with van der Waals surface area (Å²) in [6.07, 6.45) is 7.61. The number of benzene rings is 1. The zero-order valence-electron chi connectivity index (χ0n) is 8.08. The second kappa shape index (κ2) is 4.37. The lowest BCUT2D eigenvalue weighted by atomic mass is 10.2. The minimum absolute atomic E-state index is 0.764. The van der Waals surface area contributed by atoms with Crippen LogP contribution in [0.3, 0.4) is 0 Å². The van der Waals surface area contributed by atoms with Gasteiger partial charge in [0.25, 0.3) is 0 Å². The van der Waals surface area contributed by atoms with E-state index in [1.807, 2.05) is 36.5 Å². The third kappa shape index (κ3) is 2.20. The molecular weight excluding hydrogens is 188 g/mol. The average molecular weight is 198 g/mol. The minimum Gasteiger partial charge on any atom is -0.299 e. The molecule has 0 aliphatic heterocycles. The van der Waals surface area contributed by atoms with Crippen LogP contribution in [0.15, 0.2) is 48.8 Å². The first-order chi connectivity index (χ1) is 7.40. The van der Waals surface area contributed by atoms with Gasteiger partial charge in [0.15, 0.2) is 0 Å². The molecule has 0 saturated heterocycles. The van der Waals surface area contributed by atoms with Crippen molar-refractivity contribution in [3.05, 3.63) is 54.4 Å². The summed E-state index contributed by atoms with van der Waals surface area (Å²) < 4.78 is 1.78. The molecule has 0 aliphatic rings. The number of aromatic nitrogens is 2. The number of aldehydes is 1. The van der Waals surface area contributed by atoms with E-state index in [1.165, 1.54) is 6.08 Å². The zero-order valence-corrected chi connectivity index (χ0v) is 8.08. The molecule has 0 atom stereocenters. The Balaban J connectivity index is 2.34. The van der Waals surface area contributed by atoms with E-state index >= 15 is 0 Å². The van der Waals surface area contributed by atoms with Gasteiger partial charge in [-0.15, -0.1) is 0 Å². The number of rotatable bonds is 3. The summed E-state index contributed by atoms with van der Waals surface area (Å²) in [5.74, 6) is 0. The van der Waals surface area contributed by atoms with Gasteiger partial charge < -0.3 is 0 Å². The highest BCUT2D eigenvalue weighted by atomic mass is 16.1. The molecule has 1 heterocycles. The first kappa shape index (κ1) is 9.40. The first-order valence-corrected chi connectivity index (χ1v) is 4.62. The standard InChI is InChI=1S/C12H10N2O/c15-9-2-5-11-4-1-6-12(10-11)14-8-3-7-13-14/h1-10H/b5-2+. The third-order valence-electron chi connectivity index (χ3n) is 2.01. The summed E-state index contributed by atoms with van der Waals surface area (Å²) in [6.45, 7) is 0. The van der Waals surface area contributed by atoms with Crippen molar-refractivity contribution in [1.29, 1.82) is 0 Å². The summed E-state index contributed by atoms with van der Waals surface area (Å²) >= 11 is 0. The van der Waals surface area contributed by atoms with Gasteiger partial charge in [0, 0.05) is 12.4 Å². The molecule has 0 radical (unpaired) electrons. The number of hydrogen-bond acceptors (Lipinski definition) is 2. The van der Waals surface area contributed by atoms with Crippen LogP contribution in [0, 0.1) is 0 Å². The van der Waals surface area contributed by atoms with Crippen LogP contribution in [0.2, 0.25) is 0 Å². The van der Waals surface area contributed by atoms with Gasteiger partial charge in [0.2, 0.25) is 0 Å². The fourth-order valence-electron chi connectivity index (χ4n) is 1.34. The van der Waals surface area contributed by atoms with Crippen molar-refractivity contribution < 1.29 is 4.79 Å². The number of allylic oxidation sites excluding steroid dienone is 1. The highest BCUT2D eigenvalue weighted by Gasteiger charge is 1.95. The maximum atomic E-state index is 10.2. The van der Waals surface area contributed by atoms with E-state index in [-0.39, 0.29) is 0 Å². The minimum atomic E-state index is 0.764. The second-order valence-corrected chi connectivity index (χ2v) is 3.04. The van der Waals surface area contributed by atoms with Gasteiger partial charge >= 0.3 is 0 Å².